The third-order valence-corrected chi connectivity index (χ3v) is 4.60. The van der Waals surface area contributed by atoms with E-state index in [9.17, 15) is 13.2 Å². The number of amides is 1. The summed E-state index contributed by atoms with van der Waals surface area (Å²) in [7, 11) is -3.98. The molecule has 0 spiro atoms. The normalized spacial score (nSPS) is 15.2. The van der Waals surface area contributed by atoms with E-state index in [1.165, 1.54) is 0 Å². The number of rotatable bonds is 7. The molecule has 118 valence electrons. The summed E-state index contributed by atoms with van der Waals surface area (Å²) >= 11 is 0. The largest absolute Gasteiger partial charge is 0.337 e. The van der Waals surface area contributed by atoms with E-state index < -0.39 is 10.0 Å². The molecule has 0 radical (unpaired) electrons. The molecule has 0 atom stereocenters. The lowest BCUT2D eigenvalue weighted by molar-refractivity contribution is 0.0738. The third-order valence-electron chi connectivity index (χ3n) is 3.59. The average Bonchev–Trinajstić information content (AvgIpc) is 3.11. The number of hydrogen-bond donors (Lipinski definition) is 2. The van der Waals surface area contributed by atoms with Gasteiger partial charge < -0.3 is 4.90 Å². The van der Waals surface area contributed by atoms with Crippen LogP contribution in [-0.4, -0.2) is 42.5 Å². The summed E-state index contributed by atoms with van der Waals surface area (Å²) in [6, 6.07) is 0. The second-order valence-electron chi connectivity index (χ2n) is 5.47. The molecule has 0 unspecified atom stereocenters. The van der Waals surface area contributed by atoms with Crippen LogP contribution < -0.4 is 5.14 Å². The minimum Gasteiger partial charge on any atom is -0.337 e. The number of aromatic amines is 1. The average molecular weight is 314 g/mol. The molecule has 0 aliphatic heterocycles. The first-order valence-electron chi connectivity index (χ1n) is 7.27. The van der Waals surface area contributed by atoms with Gasteiger partial charge in [-0.2, -0.15) is 5.10 Å². The first-order valence-corrected chi connectivity index (χ1v) is 8.82. The highest BCUT2D eigenvalue weighted by Gasteiger charge is 2.32. The molecule has 21 heavy (non-hydrogen) atoms. The number of aromatic nitrogens is 2. The molecule has 8 heteroatoms. The number of nitrogens with zero attached hydrogens (tertiary/aromatic N) is 2. The van der Waals surface area contributed by atoms with Gasteiger partial charge in [0, 0.05) is 13.1 Å². The highest BCUT2D eigenvalue weighted by molar-refractivity contribution is 7.89. The summed E-state index contributed by atoms with van der Waals surface area (Å²) in [4.78, 5) is 14.1. The number of primary sulfonamides is 1. The summed E-state index contributed by atoms with van der Waals surface area (Å²) in [5.41, 5.74) is 0.298. The van der Waals surface area contributed by atoms with E-state index in [4.69, 9.17) is 5.14 Å². The Morgan fingerprint density at radius 1 is 1.43 bits per heavy atom. The van der Waals surface area contributed by atoms with Crippen LogP contribution >= 0.6 is 0 Å². The lowest BCUT2D eigenvalue weighted by atomic mass is 10.2. The predicted molar refractivity (Wildman–Crippen MR) is 78.3 cm³/mol. The smallest absolute Gasteiger partial charge is 0.275 e. The first kappa shape index (κ1) is 16.0. The molecule has 0 bridgehead atoms. The molecule has 1 aliphatic carbocycles. The van der Waals surface area contributed by atoms with Crippen molar-refractivity contribution in [2.24, 2.45) is 11.1 Å². The Hall–Kier alpha value is -1.41. The Bertz CT molecular complexity index is 619. The molecule has 2 rings (SSSR count). The molecule has 0 saturated heterocycles. The van der Waals surface area contributed by atoms with Gasteiger partial charge in [0.1, 0.15) is 4.90 Å². The standard InChI is InChI=1S/C13H22N4O3S/c1-3-7-17(8-9-5-6-9)13(18)11-12(21(14,19)20)10(4-2)15-16-11/h9H,3-8H2,1-2H3,(H,15,16)(H2,14,19,20). The van der Waals surface area contributed by atoms with Crippen LogP contribution in [0.5, 0.6) is 0 Å². The Morgan fingerprint density at radius 2 is 2.10 bits per heavy atom. The van der Waals surface area contributed by atoms with Crippen molar-refractivity contribution in [3.8, 4) is 0 Å². The van der Waals surface area contributed by atoms with Crippen molar-refractivity contribution < 1.29 is 13.2 Å². The van der Waals surface area contributed by atoms with Crippen molar-refractivity contribution in [3.05, 3.63) is 11.4 Å². The molecule has 1 aromatic rings. The number of nitrogens with two attached hydrogens (primary N) is 1. The van der Waals surface area contributed by atoms with E-state index in [-0.39, 0.29) is 16.5 Å². The number of carbonyl (C=O) groups is 1. The zero-order valence-corrected chi connectivity index (χ0v) is 13.2. The second kappa shape index (κ2) is 6.15. The topological polar surface area (TPSA) is 109 Å². The highest BCUT2D eigenvalue weighted by Crippen LogP contribution is 2.30. The Morgan fingerprint density at radius 3 is 2.57 bits per heavy atom. The van der Waals surface area contributed by atoms with E-state index in [1.807, 2.05) is 6.92 Å². The molecule has 1 saturated carbocycles. The van der Waals surface area contributed by atoms with Gasteiger partial charge in [-0.15, -0.1) is 0 Å². The predicted octanol–water partition coefficient (Wildman–Crippen LogP) is 0.882. The Kier molecular flexibility index (Phi) is 4.67. The molecular formula is C13H22N4O3S. The Labute approximate surface area is 124 Å². The number of aryl methyl sites for hydroxylation is 1. The summed E-state index contributed by atoms with van der Waals surface area (Å²) in [5, 5.41) is 11.8. The van der Waals surface area contributed by atoms with Crippen LogP contribution in [0.2, 0.25) is 0 Å². The van der Waals surface area contributed by atoms with Gasteiger partial charge in [0.05, 0.1) is 5.69 Å². The quantitative estimate of drug-likeness (QED) is 0.778. The van der Waals surface area contributed by atoms with Gasteiger partial charge in [0.15, 0.2) is 5.69 Å². The van der Waals surface area contributed by atoms with Crippen molar-refractivity contribution in [3.63, 3.8) is 0 Å². The fourth-order valence-electron chi connectivity index (χ4n) is 2.37. The summed E-state index contributed by atoms with van der Waals surface area (Å²) in [5.74, 6) is 0.173. The zero-order chi connectivity index (χ0) is 15.6. The maximum atomic E-state index is 12.6. The number of hydrogen-bond acceptors (Lipinski definition) is 4. The third kappa shape index (κ3) is 3.62. The van der Waals surface area contributed by atoms with Crippen LogP contribution in [-0.2, 0) is 16.4 Å². The van der Waals surface area contributed by atoms with Crippen molar-refractivity contribution in [1.29, 1.82) is 0 Å². The molecular weight excluding hydrogens is 292 g/mol. The molecule has 3 N–H and O–H groups in total. The molecule has 7 nitrogen and oxygen atoms in total. The van der Waals surface area contributed by atoms with Crippen molar-refractivity contribution in [1.82, 2.24) is 15.1 Å². The summed E-state index contributed by atoms with van der Waals surface area (Å²) in [6.07, 6.45) is 3.48. The number of nitrogens with one attached hydrogen (secondary N) is 1. The van der Waals surface area contributed by atoms with Crippen LogP contribution in [0.1, 0.15) is 49.3 Å². The number of carbonyl (C=O) groups excluding carboxylic acids is 1. The molecule has 1 amide bonds. The van der Waals surface area contributed by atoms with Gasteiger partial charge in [0.2, 0.25) is 10.0 Å². The van der Waals surface area contributed by atoms with Gasteiger partial charge >= 0.3 is 0 Å². The van der Waals surface area contributed by atoms with E-state index in [1.54, 1.807) is 11.8 Å². The van der Waals surface area contributed by atoms with Gasteiger partial charge in [-0.25, -0.2) is 13.6 Å². The van der Waals surface area contributed by atoms with Crippen molar-refractivity contribution in [2.75, 3.05) is 13.1 Å². The van der Waals surface area contributed by atoms with Gasteiger partial charge in [-0.3, -0.25) is 9.89 Å². The summed E-state index contributed by atoms with van der Waals surface area (Å²) < 4.78 is 23.5. The maximum absolute atomic E-state index is 12.6. The van der Waals surface area contributed by atoms with Crippen LogP contribution in [0.25, 0.3) is 0 Å². The van der Waals surface area contributed by atoms with Crippen LogP contribution in [0.15, 0.2) is 4.90 Å². The van der Waals surface area contributed by atoms with E-state index >= 15 is 0 Å². The lowest BCUT2D eigenvalue weighted by Gasteiger charge is -2.21. The van der Waals surface area contributed by atoms with Crippen LogP contribution in [0, 0.1) is 5.92 Å². The maximum Gasteiger partial charge on any atom is 0.275 e. The molecule has 1 fully saturated rings. The summed E-state index contributed by atoms with van der Waals surface area (Å²) in [6.45, 7) is 5.01. The lowest BCUT2D eigenvalue weighted by Crippen LogP contribution is -2.35. The van der Waals surface area contributed by atoms with Gasteiger partial charge in [-0.1, -0.05) is 13.8 Å². The molecule has 1 aromatic heterocycles. The first-order chi connectivity index (χ1) is 9.88. The highest BCUT2D eigenvalue weighted by atomic mass is 32.2. The van der Waals surface area contributed by atoms with E-state index in [0.717, 1.165) is 19.3 Å². The van der Waals surface area contributed by atoms with Gasteiger partial charge in [0.25, 0.3) is 5.91 Å². The fourth-order valence-corrected chi connectivity index (χ4v) is 3.30. The van der Waals surface area contributed by atoms with Crippen LogP contribution in [0.3, 0.4) is 0 Å². The monoisotopic (exact) mass is 314 g/mol. The molecule has 0 aromatic carbocycles. The Balaban J connectivity index is 2.34. The minimum absolute atomic E-state index is 0.0801. The molecule has 1 heterocycles. The number of sulfonamides is 1. The molecule has 1 aliphatic rings. The number of H-pyrrole nitrogens is 1. The minimum atomic E-state index is -3.98. The SMILES string of the molecule is CCCN(CC1CC1)C(=O)c1n[nH]c(CC)c1S(N)(=O)=O. The van der Waals surface area contributed by atoms with E-state index in [2.05, 4.69) is 10.2 Å². The zero-order valence-electron chi connectivity index (χ0n) is 12.4. The van der Waals surface area contributed by atoms with Crippen LogP contribution in [0.4, 0.5) is 0 Å². The van der Waals surface area contributed by atoms with E-state index in [0.29, 0.717) is 31.1 Å². The van der Waals surface area contributed by atoms with Crippen molar-refractivity contribution >= 4 is 15.9 Å². The van der Waals surface area contributed by atoms with Crippen molar-refractivity contribution in [2.45, 2.75) is 44.4 Å². The fraction of sp³-hybridized carbons (Fsp3) is 0.692. The second-order valence-corrected chi connectivity index (χ2v) is 6.97. The van der Waals surface area contributed by atoms with Gasteiger partial charge in [-0.05, 0) is 31.6 Å².